The minimum Gasteiger partial charge on any atom is -0.398 e. The van der Waals surface area contributed by atoms with E-state index in [0.29, 0.717) is 11.2 Å². The van der Waals surface area contributed by atoms with Crippen LogP contribution in [0.4, 0.5) is 11.5 Å². The Hall–Kier alpha value is -1.25. The van der Waals surface area contributed by atoms with Gasteiger partial charge in [-0.3, -0.25) is 0 Å². The van der Waals surface area contributed by atoms with Crippen molar-refractivity contribution in [1.29, 1.82) is 0 Å². The fourth-order valence-corrected chi connectivity index (χ4v) is 1.30. The van der Waals surface area contributed by atoms with Gasteiger partial charge in [0, 0.05) is 17.4 Å². The van der Waals surface area contributed by atoms with Crippen LogP contribution in [-0.2, 0) is 6.42 Å². The van der Waals surface area contributed by atoms with Crippen molar-refractivity contribution in [3.8, 4) is 0 Å². The first-order chi connectivity index (χ1) is 6.40. The van der Waals surface area contributed by atoms with Gasteiger partial charge in [0.1, 0.15) is 5.82 Å². The summed E-state index contributed by atoms with van der Waals surface area (Å²) in [6, 6.07) is 1.80. The Morgan fingerprint density at radius 2 is 1.93 bits per heavy atom. The first-order valence-electron chi connectivity index (χ1n) is 4.89. The van der Waals surface area contributed by atoms with Gasteiger partial charge in [-0.15, -0.1) is 0 Å². The van der Waals surface area contributed by atoms with E-state index in [9.17, 15) is 0 Å². The molecule has 0 amide bonds. The summed E-state index contributed by atoms with van der Waals surface area (Å²) < 4.78 is 0. The van der Waals surface area contributed by atoms with Crippen LogP contribution in [0.1, 0.15) is 32.8 Å². The second-order valence-corrected chi connectivity index (χ2v) is 4.82. The van der Waals surface area contributed by atoms with E-state index < -0.39 is 0 Å². The van der Waals surface area contributed by atoms with E-state index in [0.717, 1.165) is 24.1 Å². The van der Waals surface area contributed by atoms with Crippen molar-refractivity contribution in [3.63, 3.8) is 0 Å². The predicted molar refractivity (Wildman–Crippen MR) is 60.8 cm³/mol. The standard InChI is InChI=1S/C11H19N3/c1-11(2,3)6-4-8-9(12)5-7-14-10(8)13/h5,7H,4,6H2,1-3H3,(H4,12,13,14). The number of pyridine rings is 1. The van der Waals surface area contributed by atoms with Crippen molar-refractivity contribution in [1.82, 2.24) is 4.98 Å². The van der Waals surface area contributed by atoms with E-state index in [1.165, 1.54) is 0 Å². The summed E-state index contributed by atoms with van der Waals surface area (Å²) in [5, 5.41) is 0. The smallest absolute Gasteiger partial charge is 0.128 e. The first kappa shape index (κ1) is 10.8. The van der Waals surface area contributed by atoms with Gasteiger partial charge in [-0.05, 0) is 24.3 Å². The van der Waals surface area contributed by atoms with E-state index in [4.69, 9.17) is 11.5 Å². The molecule has 0 fully saturated rings. The third-order valence-corrected chi connectivity index (χ3v) is 2.25. The highest BCUT2D eigenvalue weighted by molar-refractivity contribution is 5.56. The van der Waals surface area contributed by atoms with Crippen LogP contribution in [0.5, 0.6) is 0 Å². The Labute approximate surface area is 85.5 Å². The largest absolute Gasteiger partial charge is 0.398 e. The van der Waals surface area contributed by atoms with Gasteiger partial charge in [0.25, 0.3) is 0 Å². The Kier molecular flexibility index (Phi) is 2.99. The zero-order chi connectivity index (χ0) is 10.8. The molecule has 0 bridgehead atoms. The Balaban J connectivity index is 2.77. The predicted octanol–water partition coefficient (Wildman–Crippen LogP) is 2.22. The summed E-state index contributed by atoms with van der Waals surface area (Å²) in [5.41, 5.74) is 13.6. The average molecular weight is 193 g/mol. The van der Waals surface area contributed by atoms with E-state index in [1.807, 2.05) is 0 Å². The highest BCUT2D eigenvalue weighted by Gasteiger charge is 2.12. The first-order valence-corrected chi connectivity index (χ1v) is 4.89. The minimum absolute atomic E-state index is 0.300. The molecule has 3 heteroatoms. The molecule has 0 aliphatic rings. The molecule has 14 heavy (non-hydrogen) atoms. The molecule has 0 radical (unpaired) electrons. The monoisotopic (exact) mass is 193 g/mol. The summed E-state index contributed by atoms with van der Waals surface area (Å²) in [5.74, 6) is 0.564. The molecule has 0 saturated carbocycles. The maximum Gasteiger partial charge on any atom is 0.128 e. The lowest BCUT2D eigenvalue weighted by Gasteiger charge is -2.18. The Bertz CT molecular complexity index is 293. The minimum atomic E-state index is 0.300. The third-order valence-electron chi connectivity index (χ3n) is 2.25. The van der Waals surface area contributed by atoms with Gasteiger partial charge in [0.05, 0.1) is 0 Å². The molecule has 0 aliphatic heterocycles. The lowest BCUT2D eigenvalue weighted by molar-refractivity contribution is 0.378. The molecular formula is C11H19N3. The zero-order valence-corrected chi connectivity index (χ0v) is 9.17. The highest BCUT2D eigenvalue weighted by atomic mass is 14.8. The average Bonchev–Trinajstić information content (AvgIpc) is 2.01. The molecular weight excluding hydrogens is 174 g/mol. The Morgan fingerprint density at radius 1 is 1.29 bits per heavy atom. The van der Waals surface area contributed by atoms with Crippen molar-refractivity contribution >= 4 is 11.5 Å². The van der Waals surface area contributed by atoms with Crippen LogP contribution in [0, 0.1) is 5.41 Å². The second kappa shape index (κ2) is 3.86. The zero-order valence-electron chi connectivity index (χ0n) is 9.17. The molecule has 1 aromatic heterocycles. The number of aromatic nitrogens is 1. The van der Waals surface area contributed by atoms with Crippen LogP contribution in [0.15, 0.2) is 12.3 Å². The Morgan fingerprint density at radius 3 is 2.43 bits per heavy atom. The maximum absolute atomic E-state index is 5.83. The number of hydrogen-bond acceptors (Lipinski definition) is 3. The lowest BCUT2D eigenvalue weighted by atomic mass is 9.88. The molecule has 0 atom stereocenters. The van der Waals surface area contributed by atoms with Crippen LogP contribution >= 0.6 is 0 Å². The van der Waals surface area contributed by atoms with Gasteiger partial charge < -0.3 is 11.5 Å². The summed E-state index contributed by atoms with van der Waals surface area (Å²) in [7, 11) is 0. The number of nitrogen functional groups attached to an aromatic ring is 2. The maximum atomic E-state index is 5.83. The van der Waals surface area contributed by atoms with E-state index >= 15 is 0 Å². The topological polar surface area (TPSA) is 64.9 Å². The van der Waals surface area contributed by atoms with Crippen LogP contribution in [-0.4, -0.2) is 4.98 Å². The SMILES string of the molecule is CC(C)(C)CCc1c(N)ccnc1N. The van der Waals surface area contributed by atoms with Crippen LogP contribution < -0.4 is 11.5 Å². The lowest BCUT2D eigenvalue weighted by Crippen LogP contribution is -2.09. The molecule has 0 aliphatic carbocycles. The number of hydrogen-bond donors (Lipinski definition) is 2. The van der Waals surface area contributed by atoms with Crippen LogP contribution in [0.25, 0.3) is 0 Å². The van der Waals surface area contributed by atoms with Gasteiger partial charge in [0.2, 0.25) is 0 Å². The van der Waals surface area contributed by atoms with Crippen molar-refractivity contribution in [2.24, 2.45) is 5.41 Å². The summed E-state index contributed by atoms with van der Waals surface area (Å²) >= 11 is 0. The van der Waals surface area contributed by atoms with Gasteiger partial charge in [-0.2, -0.15) is 0 Å². The van der Waals surface area contributed by atoms with Crippen molar-refractivity contribution in [2.75, 3.05) is 11.5 Å². The van der Waals surface area contributed by atoms with E-state index in [-0.39, 0.29) is 0 Å². The number of nitrogens with zero attached hydrogens (tertiary/aromatic N) is 1. The molecule has 0 unspecified atom stereocenters. The van der Waals surface area contributed by atoms with Crippen molar-refractivity contribution in [3.05, 3.63) is 17.8 Å². The fraction of sp³-hybridized carbons (Fsp3) is 0.545. The second-order valence-electron chi connectivity index (χ2n) is 4.82. The number of nitrogens with two attached hydrogens (primary N) is 2. The number of rotatable bonds is 2. The molecule has 1 aromatic rings. The third kappa shape index (κ3) is 2.91. The van der Waals surface area contributed by atoms with Crippen LogP contribution in [0.2, 0.25) is 0 Å². The normalized spacial score (nSPS) is 11.6. The molecule has 0 spiro atoms. The molecule has 1 heterocycles. The summed E-state index contributed by atoms with van der Waals surface area (Å²) in [6.45, 7) is 6.61. The summed E-state index contributed by atoms with van der Waals surface area (Å²) in [6.07, 6.45) is 3.60. The highest BCUT2D eigenvalue weighted by Crippen LogP contribution is 2.25. The quantitative estimate of drug-likeness (QED) is 0.757. The molecule has 0 aromatic carbocycles. The van der Waals surface area contributed by atoms with Crippen molar-refractivity contribution in [2.45, 2.75) is 33.6 Å². The van der Waals surface area contributed by atoms with Gasteiger partial charge in [0.15, 0.2) is 0 Å². The van der Waals surface area contributed by atoms with Gasteiger partial charge in [-0.25, -0.2) is 4.98 Å². The molecule has 0 saturated heterocycles. The van der Waals surface area contributed by atoms with Crippen LogP contribution in [0.3, 0.4) is 0 Å². The number of anilines is 2. The fourth-order valence-electron chi connectivity index (χ4n) is 1.30. The summed E-state index contributed by atoms with van der Waals surface area (Å²) in [4.78, 5) is 4.04. The van der Waals surface area contributed by atoms with E-state index in [1.54, 1.807) is 12.3 Å². The van der Waals surface area contributed by atoms with Crippen molar-refractivity contribution < 1.29 is 0 Å². The molecule has 78 valence electrons. The molecule has 1 rings (SSSR count). The molecule has 4 N–H and O–H groups in total. The van der Waals surface area contributed by atoms with E-state index in [2.05, 4.69) is 25.8 Å². The van der Waals surface area contributed by atoms with Gasteiger partial charge in [-0.1, -0.05) is 20.8 Å². The van der Waals surface area contributed by atoms with Gasteiger partial charge >= 0.3 is 0 Å². The molecule has 3 nitrogen and oxygen atoms in total.